The number of hydrogen-bond acceptors (Lipinski definition) is 3. The van der Waals surface area contributed by atoms with Crippen LogP contribution in [0, 0.1) is 0 Å². The van der Waals surface area contributed by atoms with Gasteiger partial charge in [-0.3, -0.25) is 9.48 Å². The average molecular weight is 384 g/mol. The molecule has 0 amide bonds. The van der Waals surface area contributed by atoms with Gasteiger partial charge >= 0.3 is 0 Å². The number of methoxy groups -OCH3 is 1. The van der Waals surface area contributed by atoms with Crippen molar-refractivity contribution < 1.29 is 4.74 Å². The lowest BCUT2D eigenvalue weighted by Gasteiger charge is -2.03. The Labute approximate surface area is 146 Å². The molecular weight excluding hydrogens is 370 g/mol. The minimum absolute atomic E-state index is 0.177. The summed E-state index contributed by atoms with van der Waals surface area (Å²) in [4.78, 5) is 15.2. The number of benzene rings is 2. The van der Waals surface area contributed by atoms with Crippen LogP contribution in [-0.2, 0) is 6.54 Å². The molecule has 2 aromatic heterocycles. The number of aromatic amines is 1. The van der Waals surface area contributed by atoms with Gasteiger partial charge in [0.1, 0.15) is 5.75 Å². The van der Waals surface area contributed by atoms with E-state index < -0.39 is 0 Å². The fraction of sp³-hybridized carbons (Fsp3) is 0.111. The highest BCUT2D eigenvalue weighted by Crippen LogP contribution is 2.24. The van der Waals surface area contributed by atoms with Gasteiger partial charge in [-0.2, -0.15) is 5.10 Å². The molecule has 6 heteroatoms. The molecule has 0 aliphatic carbocycles. The standard InChI is InChI=1S/C18H14BrN3O2/c1-24-13-5-2-11(3-6-13)9-22-10-15-14-7-4-12(19)8-16(14)20-18(23)17(15)21-22/h2-8,10H,9H2,1H3,(H,20,23). The number of rotatable bonds is 3. The maximum atomic E-state index is 12.3. The second-order valence-corrected chi connectivity index (χ2v) is 6.50. The number of pyridine rings is 1. The summed E-state index contributed by atoms with van der Waals surface area (Å²) in [5.74, 6) is 0.817. The first kappa shape index (κ1) is 15.0. The van der Waals surface area contributed by atoms with Crippen LogP contribution in [0.3, 0.4) is 0 Å². The summed E-state index contributed by atoms with van der Waals surface area (Å²) >= 11 is 3.43. The maximum Gasteiger partial charge on any atom is 0.276 e. The first-order chi connectivity index (χ1) is 11.6. The average Bonchev–Trinajstić information content (AvgIpc) is 3.00. The number of fused-ring (bicyclic) bond motifs is 3. The van der Waals surface area contributed by atoms with Gasteiger partial charge in [0.15, 0.2) is 5.52 Å². The van der Waals surface area contributed by atoms with Crippen molar-refractivity contribution in [3.05, 3.63) is 69.1 Å². The van der Waals surface area contributed by atoms with Crippen molar-refractivity contribution in [1.29, 1.82) is 0 Å². The van der Waals surface area contributed by atoms with Gasteiger partial charge in [-0.05, 0) is 29.8 Å². The summed E-state index contributed by atoms with van der Waals surface area (Å²) in [6.07, 6.45) is 1.92. The van der Waals surface area contributed by atoms with Gasteiger partial charge in [-0.15, -0.1) is 0 Å². The van der Waals surface area contributed by atoms with Gasteiger partial charge in [0.05, 0.1) is 19.2 Å². The Balaban J connectivity index is 1.81. The third-order valence-corrected chi connectivity index (χ3v) is 4.49. The highest BCUT2D eigenvalue weighted by atomic mass is 79.9. The second-order valence-electron chi connectivity index (χ2n) is 5.58. The minimum Gasteiger partial charge on any atom is -0.497 e. The van der Waals surface area contributed by atoms with E-state index in [1.165, 1.54) is 0 Å². The largest absolute Gasteiger partial charge is 0.497 e. The summed E-state index contributed by atoms with van der Waals surface area (Å²) in [5.41, 5.74) is 2.17. The lowest BCUT2D eigenvalue weighted by molar-refractivity contribution is 0.414. The SMILES string of the molecule is COc1ccc(Cn2cc3c(n2)c(=O)[nH]c2cc(Br)ccc23)cc1. The van der Waals surface area contributed by atoms with Crippen LogP contribution < -0.4 is 10.3 Å². The summed E-state index contributed by atoms with van der Waals surface area (Å²) in [5, 5.41) is 6.29. The molecule has 24 heavy (non-hydrogen) atoms. The van der Waals surface area contributed by atoms with E-state index in [0.717, 1.165) is 32.1 Å². The highest BCUT2D eigenvalue weighted by molar-refractivity contribution is 9.10. The smallest absolute Gasteiger partial charge is 0.276 e. The number of hydrogen-bond donors (Lipinski definition) is 1. The third kappa shape index (κ3) is 2.59. The van der Waals surface area contributed by atoms with Crippen molar-refractivity contribution in [3.63, 3.8) is 0 Å². The molecule has 0 spiro atoms. The molecule has 0 atom stereocenters. The van der Waals surface area contributed by atoms with Crippen molar-refractivity contribution in [1.82, 2.24) is 14.8 Å². The second kappa shape index (κ2) is 5.79. The fourth-order valence-corrected chi connectivity index (χ4v) is 3.18. The molecule has 2 heterocycles. The zero-order valence-electron chi connectivity index (χ0n) is 12.9. The molecular formula is C18H14BrN3O2. The van der Waals surface area contributed by atoms with Gasteiger partial charge < -0.3 is 9.72 Å². The van der Waals surface area contributed by atoms with E-state index in [1.807, 2.05) is 48.7 Å². The Morgan fingerprint density at radius 3 is 2.71 bits per heavy atom. The van der Waals surface area contributed by atoms with Crippen LogP contribution in [0.2, 0.25) is 0 Å². The molecule has 0 aliphatic rings. The van der Waals surface area contributed by atoms with E-state index in [9.17, 15) is 4.79 Å². The Bertz CT molecular complexity index is 1100. The molecule has 2 aromatic carbocycles. The monoisotopic (exact) mass is 383 g/mol. The molecule has 0 saturated carbocycles. The first-order valence-corrected chi connectivity index (χ1v) is 8.25. The van der Waals surface area contributed by atoms with Gasteiger partial charge in [0, 0.05) is 21.4 Å². The molecule has 4 aromatic rings. The van der Waals surface area contributed by atoms with Gasteiger partial charge in [0.25, 0.3) is 5.56 Å². The van der Waals surface area contributed by atoms with Crippen LogP contribution >= 0.6 is 15.9 Å². The third-order valence-electron chi connectivity index (χ3n) is 4.00. The van der Waals surface area contributed by atoms with Crippen molar-refractivity contribution in [2.45, 2.75) is 6.54 Å². The molecule has 0 bridgehead atoms. The lowest BCUT2D eigenvalue weighted by Crippen LogP contribution is -2.07. The summed E-state index contributed by atoms with van der Waals surface area (Å²) < 4.78 is 7.89. The predicted octanol–water partition coefficient (Wildman–Crippen LogP) is 3.70. The molecule has 0 saturated heterocycles. The molecule has 0 aliphatic heterocycles. The molecule has 1 N–H and O–H groups in total. The van der Waals surface area contributed by atoms with E-state index in [-0.39, 0.29) is 5.56 Å². The first-order valence-electron chi connectivity index (χ1n) is 7.46. The molecule has 0 fully saturated rings. The molecule has 4 rings (SSSR count). The summed E-state index contributed by atoms with van der Waals surface area (Å²) in [7, 11) is 1.64. The zero-order chi connectivity index (χ0) is 16.7. The Kier molecular flexibility index (Phi) is 3.61. The van der Waals surface area contributed by atoms with Crippen LogP contribution in [0.15, 0.2) is 57.9 Å². The highest BCUT2D eigenvalue weighted by Gasteiger charge is 2.10. The van der Waals surface area contributed by atoms with Crippen molar-refractivity contribution in [2.24, 2.45) is 0 Å². The molecule has 120 valence electrons. The van der Waals surface area contributed by atoms with E-state index in [2.05, 4.69) is 26.0 Å². The fourth-order valence-electron chi connectivity index (χ4n) is 2.82. The van der Waals surface area contributed by atoms with E-state index in [4.69, 9.17) is 4.74 Å². The van der Waals surface area contributed by atoms with Crippen LogP contribution in [0.5, 0.6) is 5.75 Å². The summed E-state index contributed by atoms with van der Waals surface area (Å²) in [6.45, 7) is 0.593. The van der Waals surface area contributed by atoms with Crippen molar-refractivity contribution >= 4 is 37.7 Å². The number of ether oxygens (including phenoxy) is 1. The lowest BCUT2D eigenvalue weighted by atomic mass is 10.1. The Morgan fingerprint density at radius 2 is 1.96 bits per heavy atom. The van der Waals surface area contributed by atoms with Crippen LogP contribution in [0.25, 0.3) is 21.8 Å². The number of H-pyrrole nitrogens is 1. The van der Waals surface area contributed by atoms with Crippen molar-refractivity contribution in [2.75, 3.05) is 7.11 Å². The number of aromatic nitrogens is 3. The van der Waals surface area contributed by atoms with Gasteiger partial charge in [-0.25, -0.2) is 0 Å². The minimum atomic E-state index is -0.177. The van der Waals surface area contributed by atoms with E-state index in [0.29, 0.717) is 12.1 Å². The topological polar surface area (TPSA) is 59.9 Å². The van der Waals surface area contributed by atoms with Crippen LogP contribution in [0.1, 0.15) is 5.56 Å². The summed E-state index contributed by atoms with van der Waals surface area (Å²) in [6, 6.07) is 13.7. The van der Waals surface area contributed by atoms with Crippen LogP contribution in [-0.4, -0.2) is 21.9 Å². The van der Waals surface area contributed by atoms with E-state index >= 15 is 0 Å². The van der Waals surface area contributed by atoms with Gasteiger partial charge in [0.2, 0.25) is 0 Å². The van der Waals surface area contributed by atoms with Crippen molar-refractivity contribution in [3.8, 4) is 5.75 Å². The van der Waals surface area contributed by atoms with E-state index in [1.54, 1.807) is 11.8 Å². The molecule has 5 nitrogen and oxygen atoms in total. The van der Waals surface area contributed by atoms with Crippen LogP contribution in [0.4, 0.5) is 0 Å². The quantitative estimate of drug-likeness (QED) is 0.586. The normalized spacial score (nSPS) is 11.2. The predicted molar refractivity (Wildman–Crippen MR) is 97.7 cm³/mol. The van der Waals surface area contributed by atoms with Gasteiger partial charge in [-0.1, -0.05) is 34.1 Å². The Hall–Kier alpha value is -2.60. The zero-order valence-corrected chi connectivity index (χ0v) is 14.5. The molecule has 0 unspecified atom stereocenters. The molecule has 0 radical (unpaired) electrons. The number of nitrogens with one attached hydrogen (secondary N) is 1. The Morgan fingerprint density at radius 1 is 1.17 bits per heavy atom. The maximum absolute atomic E-state index is 12.3. The number of halogens is 1. The number of nitrogens with zero attached hydrogens (tertiary/aromatic N) is 2.